The summed E-state index contributed by atoms with van der Waals surface area (Å²) >= 11 is 16.9. The maximum atomic E-state index is 12.3. The van der Waals surface area contributed by atoms with Gasteiger partial charge in [-0.15, -0.1) is 0 Å². The summed E-state index contributed by atoms with van der Waals surface area (Å²) < 4.78 is 4.14. The van der Waals surface area contributed by atoms with Gasteiger partial charge in [-0.3, -0.25) is 9.59 Å². The topological polar surface area (TPSA) is 46.6 Å². The Morgan fingerprint density at radius 3 is 2.45 bits per heavy atom. The Balaban J connectivity index is 1.74. The number of halogens is 3. The summed E-state index contributed by atoms with van der Waals surface area (Å²) in [6.07, 6.45) is 1.40. The Labute approximate surface area is 143 Å². The number of ketones is 1. The highest BCUT2D eigenvalue weighted by molar-refractivity contribution is 6.76. The summed E-state index contributed by atoms with van der Waals surface area (Å²) in [5.41, 5.74) is 0.0587. The average Bonchev–Trinajstić information content (AvgIpc) is 2.46. The van der Waals surface area contributed by atoms with Crippen LogP contribution in [0.4, 0.5) is 0 Å². The number of alkyl halides is 3. The highest BCUT2D eigenvalue weighted by Crippen LogP contribution is 2.40. The van der Waals surface area contributed by atoms with Gasteiger partial charge >= 0.3 is 0 Å². The SMILES string of the molecule is O=C1CC2(CCN(C(=O)C(Cl)(Cl)Cl)CC2)Oc2ccccc21. The van der Waals surface area contributed by atoms with Gasteiger partial charge in [-0.25, -0.2) is 0 Å². The number of likely N-dealkylation sites (tertiary alicyclic amines) is 1. The summed E-state index contributed by atoms with van der Waals surface area (Å²) in [6, 6.07) is 7.23. The van der Waals surface area contributed by atoms with Crippen molar-refractivity contribution in [1.29, 1.82) is 0 Å². The van der Waals surface area contributed by atoms with E-state index in [1.165, 1.54) is 4.90 Å². The molecule has 0 radical (unpaired) electrons. The monoisotopic (exact) mass is 361 g/mol. The summed E-state index contributed by atoms with van der Waals surface area (Å²) in [6.45, 7) is 0.810. The second-order valence-corrected chi connectivity index (χ2v) is 7.95. The van der Waals surface area contributed by atoms with E-state index in [1.54, 1.807) is 12.1 Å². The zero-order chi connectivity index (χ0) is 16.0. The van der Waals surface area contributed by atoms with E-state index in [4.69, 9.17) is 39.5 Å². The van der Waals surface area contributed by atoms with E-state index < -0.39 is 15.3 Å². The van der Waals surface area contributed by atoms with Crippen molar-refractivity contribution in [2.45, 2.75) is 28.7 Å². The first-order valence-corrected chi connectivity index (χ1v) is 8.11. The van der Waals surface area contributed by atoms with E-state index in [1.807, 2.05) is 12.1 Å². The maximum absolute atomic E-state index is 12.3. The van der Waals surface area contributed by atoms with Crippen LogP contribution in [0.2, 0.25) is 0 Å². The van der Waals surface area contributed by atoms with E-state index >= 15 is 0 Å². The lowest BCUT2D eigenvalue weighted by molar-refractivity contribution is -0.133. The number of carbonyl (C=O) groups is 2. The third-order valence-electron chi connectivity index (χ3n) is 4.20. The Kier molecular flexibility index (Phi) is 4.04. The number of amides is 1. The van der Waals surface area contributed by atoms with Crippen LogP contribution < -0.4 is 4.74 Å². The van der Waals surface area contributed by atoms with E-state index in [0.29, 0.717) is 43.7 Å². The molecule has 0 aromatic heterocycles. The third-order valence-corrected chi connectivity index (χ3v) is 4.69. The van der Waals surface area contributed by atoms with Crippen LogP contribution in [0.1, 0.15) is 29.6 Å². The number of ether oxygens (including phenoxy) is 1. The molecule has 7 heteroatoms. The van der Waals surface area contributed by atoms with E-state index in [2.05, 4.69) is 0 Å². The molecule has 1 saturated heterocycles. The second kappa shape index (κ2) is 5.59. The smallest absolute Gasteiger partial charge is 0.274 e. The summed E-state index contributed by atoms with van der Waals surface area (Å²) in [5, 5.41) is 0. The van der Waals surface area contributed by atoms with Crippen molar-refractivity contribution in [2.24, 2.45) is 0 Å². The summed E-state index contributed by atoms with van der Waals surface area (Å²) in [4.78, 5) is 25.8. The zero-order valence-electron chi connectivity index (χ0n) is 11.7. The fourth-order valence-corrected chi connectivity index (χ4v) is 3.38. The predicted octanol–water partition coefficient (Wildman–Crippen LogP) is 3.38. The first kappa shape index (κ1) is 15.9. The van der Waals surface area contributed by atoms with Crippen molar-refractivity contribution in [3.63, 3.8) is 0 Å². The molecule has 1 fully saturated rings. The van der Waals surface area contributed by atoms with Crippen molar-refractivity contribution in [2.75, 3.05) is 13.1 Å². The first-order valence-electron chi connectivity index (χ1n) is 6.98. The summed E-state index contributed by atoms with van der Waals surface area (Å²) in [5.74, 6) is 0.151. The molecule has 3 rings (SSSR count). The fraction of sp³-hybridized carbons (Fsp3) is 0.467. The first-order chi connectivity index (χ1) is 10.3. The molecule has 4 nitrogen and oxygen atoms in total. The predicted molar refractivity (Wildman–Crippen MR) is 84.9 cm³/mol. The lowest BCUT2D eigenvalue weighted by Crippen LogP contribution is -2.54. The van der Waals surface area contributed by atoms with Gasteiger partial charge in [0.1, 0.15) is 11.4 Å². The van der Waals surface area contributed by atoms with Crippen LogP contribution in [-0.2, 0) is 4.79 Å². The molecule has 1 spiro atoms. The molecule has 0 unspecified atom stereocenters. The molecule has 2 aliphatic heterocycles. The average molecular weight is 363 g/mol. The number of carbonyl (C=O) groups excluding carboxylic acids is 2. The molecule has 0 aliphatic carbocycles. The molecule has 0 N–H and O–H groups in total. The van der Waals surface area contributed by atoms with Gasteiger partial charge in [0, 0.05) is 25.9 Å². The number of hydrogen-bond donors (Lipinski definition) is 0. The molecule has 1 aromatic rings. The van der Waals surface area contributed by atoms with Crippen LogP contribution in [0.5, 0.6) is 5.75 Å². The number of hydrogen-bond acceptors (Lipinski definition) is 3. The molecule has 2 aliphatic rings. The maximum Gasteiger partial charge on any atom is 0.274 e. The quantitative estimate of drug-likeness (QED) is 0.665. The number of para-hydroxylation sites is 1. The minimum Gasteiger partial charge on any atom is -0.486 e. The van der Waals surface area contributed by atoms with Crippen molar-refractivity contribution in [1.82, 2.24) is 4.90 Å². The zero-order valence-corrected chi connectivity index (χ0v) is 13.9. The molecular formula is C15H14Cl3NO3. The minimum absolute atomic E-state index is 0.0722. The van der Waals surface area contributed by atoms with Crippen molar-refractivity contribution >= 4 is 46.5 Å². The van der Waals surface area contributed by atoms with Crippen molar-refractivity contribution in [3.8, 4) is 5.75 Å². The molecule has 22 heavy (non-hydrogen) atoms. The van der Waals surface area contributed by atoms with Gasteiger partial charge in [-0.2, -0.15) is 0 Å². The van der Waals surface area contributed by atoms with Gasteiger partial charge in [-0.05, 0) is 12.1 Å². The van der Waals surface area contributed by atoms with Crippen LogP contribution in [0.15, 0.2) is 24.3 Å². The Bertz CT molecular complexity index is 619. The lowest BCUT2D eigenvalue weighted by Gasteiger charge is -2.44. The molecule has 0 atom stereocenters. The molecule has 1 aromatic carbocycles. The Hall–Kier alpha value is -0.970. The molecule has 0 saturated carbocycles. The largest absolute Gasteiger partial charge is 0.486 e. The van der Waals surface area contributed by atoms with Gasteiger partial charge < -0.3 is 9.64 Å². The lowest BCUT2D eigenvalue weighted by atomic mass is 9.82. The third kappa shape index (κ3) is 2.92. The number of piperidine rings is 1. The normalized spacial score (nSPS) is 20.5. The molecule has 2 heterocycles. The van der Waals surface area contributed by atoms with Gasteiger partial charge in [0.25, 0.3) is 9.70 Å². The standard InChI is InChI=1S/C15H14Cl3NO3/c16-15(17,18)13(21)19-7-5-14(6-8-19)9-11(20)10-3-1-2-4-12(10)22-14/h1-4H,5-9H2. The second-order valence-electron chi connectivity index (χ2n) is 5.67. The molecular weight excluding hydrogens is 349 g/mol. The Morgan fingerprint density at radius 1 is 1.18 bits per heavy atom. The molecule has 118 valence electrons. The van der Waals surface area contributed by atoms with Crippen molar-refractivity contribution < 1.29 is 14.3 Å². The van der Waals surface area contributed by atoms with Crippen LogP contribution in [0.3, 0.4) is 0 Å². The Morgan fingerprint density at radius 2 is 1.82 bits per heavy atom. The highest BCUT2D eigenvalue weighted by Gasteiger charge is 2.45. The van der Waals surface area contributed by atoms with Gasteiger partial charge in [0.15, 0.2) is 5.78 Å². The van der Waals surface area contributed by atoms with Gasteiger partial charge in [0.2, 0.25) is 0 Å². The number of benzene rings is 1. The molecule has 0 bridgehead atoms. The van der Waals surface area contributed by atoms with E-state index in [0.717, 1.165) is 0 Å². The summed E-state index contributed by atoms with van der Waals surface area (Å²) in [7, 11) is 0. The van der Waals surface area contributed by atoms with Crippen LogP contribution in [-0.4, -0.2) is 39.1 Å². The van der Waals surface area contributed by atoms with E-state index in [-0.39, 0.29) is 5.78 Å². The fourth-order valence-electron chi connectivity index (χ4n) is 3.02. The molecule has 1 amide bonds. The number of fused-ring (bicyclic) bond motifs is 1. The minimum atomic E-state index is -1.94. The number of rotatable bonds is 0. The van der Waals surface area contributed by atoms with Crippen LogP contribution in [0.25, 0.3) is 0 Å². The van der Waals surface area contributed by atoms with Gasteiger partial charge in [-0.1, -0.05) is 46.9 Å². The highest BCUT2D eigenvalue weighted by atomic mass is 35.6. The number of Topliss-reactive ketones (excluding diaryl/α,β-unsaturated/α-hetero) is 1. The van der Waals surface area contributed by atoms with Crippen molar-refractivity contribution in [3.05, 3.63) is 29.8 Å². The van der Waals surface area contributed by atoms with E-state index in [9.17, 15) is 9.59 Å². The number of nitrogens with zero attached hydrogens (tertiary/aromatic N) is 1. The van der Waals surface area contributed by atoms with Crippen LogP contribution in [0, 0.1) is 0 Å². The van der Waals surface area contributed by atoms with Gasteiger partial charge in [0.05, 0.1) is 12.0 Å². The van der Waals surface area contributed by atoms with Crippen LogP contribution >= 0.6 is 34.8 Å².